The van der Waals surface area contributed by atoms with Crippen LogP contribution in [0.5, 0.6) is 0 Å². The minimum absolute atomic E-state index is 0.0513. The number of rotatable bonds is 7. The number of ether oxygens (including phenoxy) is 3. The molecule has 0 amide bonds. The number of H-pyrrole nitrogens is 1. The predicted molar refractivity (Wildman–Crippen MR) is 80.6 cm³/mol. The molecule has 0 aliphatic heterocycles. The summed E-state index contributed by atoms with van der Waals surface area (Å²) in [5, 5.41) is 0. The lowest BCUT2D eigenvalue weighted by Gasteiger charge is -2.18. The highest BCUT2D eigenvalue weighted by Crippen LogP contribution is 2.17. The van der Waals surface area contributed by atoms with Crippen molar-refractivity contribution in [1.82, 2.24) is 19.5 Å². The fourth-order valence-electron chi connectivity index (χ4n) is 1.90. The molecule has 24 heavy (non-hydrogen) atoms. The largest absolute Gasteiger partial charge is 0.466 e. The van der Waals surface area contributed by atoms with Gasteiger partial charge in [0, 0.05) is 20.3 Å². The van der Waals surface area contributed by atoms with E-state index in [1.165, 1.54) is 24.7 Å². The van der Waals surface area contributed by atoms with Crippen LogP contribution in [0.15, 0.2) is 11.1 Å². The third-order valence-corrected chi connectivity index (χ3v) is 2.81. The van der Waals surface area contributed by atoms with E-state index in [4.69, 9.17) is 19.9 Å². The number of hydrogen-bond donors (Lipinski definition) is 2. The van der Waals surface area contributed by atoms with Crippen molar-refractivity contribution >= 4 is 29.1 Å². The van der Waals surface area contributed by atoms with Gasteiger partial charge in [0.05, 0.1) is 13.2 Å². The monoisotopic (exact) mass is 339 g/mol. The second-order valence-corrected chi connectivity index (χ2v) is 4.76. The molecular formula is C13H17N5O6. The lowest BCUT2D eigenvalue weighted by Crippen LogP contribution is -2.23. The highest BCUT2D eigenvalue weighted by molar-refractivity contribution is 5.71. The van der Waals surface area contributed by atoms with Crippen LogP contribution < -0.4 is 11.3 Å². The molecule has 0 aliphatic rings. The molecule has 2 aromatic heterocycles. The van der Waals surface area contributed by atoms with Crippen molar-refractivity contribution < 1.29 is 23.8 Å². The van der Waals surface area contributed by atoms with E-state index in [0.29, 0.717) is 6.42 Å². The summed E-state index contributed by atoms with van der Waals surface area (Å²) in [7, 11) is 0. The van der Waals surface area contributed by atoms with Crippen molar-refractivity contribution in [2.24, 2.45) is 0 Å². The van der Waals surface area contributed by atoms with Crippen molar-refractivity contribution in [3.8, 4) is 0 Å². The number of aromatic amines is 1. The van der Waals surface area contributed by atoms with E-state index in [9.17, 15) is 14.4 Å². The first-order chi connectivity index (χ1) is 11.4. The van der Waals surface area contributed by atoms with Crippen LogP contribution in [-0.2, 0) is 23.8 Å². The molecule has 1 atom stereocenters. The molecule has 0 saturated heterocycles. The molecule has 3 N–H and O–H groups in total. The summed E-state index contributed by atoms with van der Waals surface area (Å²) in [4.78, 5) is 44.2. The molecule has 0 saturated carbocycles. The molecule has 0 aliphatic carbocycles. The van der Waals surface area contributed by atoms with Gasteiger partial charge in [-0.2, -0.15) is 4.98 Å². The molecule has 1 unspecified atom stereocenters. The van der Waals surface area contributed by atoms with Crippen LogP contribution in [-0.4, -0.2) is 44.7 Å². The summed E-state index contributed by atoms with van der Waals surface area (Å²) in [6.45, 7) is 2.77. The lowest BCUT2D eigenvalue weighted by atomic mass is 10.5. The molecule has 11 heteroatoms. The van der Waals surface area contributed by atoms with Crippen LogP contribution >= 0.6 is 0 Å². The first kappa shape index (κ1) is 17.4. The summed E-state index contributed by atoms with van der Waals surface area (Å²) >= 11 is 0. The number of nitrogens with zero attached hydrogens (tertiary/aromatic N) is 3. The number of hydrogen-bond acceptors (Lipinski definition) is 9. The van der Waals surface area contributed by atoms with Gasteiger partial charge in [-0.15, -0.1) is 0 Å². The second kappa shape index (κ2) is 7.55. The van der Waals surface area contributed by atoms with Gasteiger partial charge in [-0.25, -0.2) is 4.98 Å². The zero-order valence-electron chi connectivity index (χ0n) is 13.1. The highest BCUT2D eigenvalue weighted by atomic mass is 16.7. The average molecular weight is 339 g/mol. The highest BCUT2D eigenvalue weighted by Gasteiger charge is 2.20. The Bertz CT molecular complexity index is 798. The molecule has 0 bridgehead atoms. The maximum atomic E-state index is 12.0. The Morgan fingerprint density at radius 2 is 2.08 bits per heavy atom. The molecule has 2 aromatic rings. The summed E-state index contributed by atoms with van der Waals surface area (Å²) in [5.74, 6) is -1.09. The van der Waals surface area contributed by atoms with Crippen molar-refractivity contribution in [3.05, 3.63) is 16.7 Å². The number of nitrogens with one attached hydrogen (secondary N) is 1. The van der Waals surface area contributed by atoms with Crippen LogP contribution in [0.3, 0.4) is 0 Å². The average Bonchev–Trinajstić information content (AvgIpc) is 2.88. The summed E-state index contributed by atoms with van der Waals surface area (Å²) in [6, 6.07) is 0. The predicted octanol–water partition coefficient (Wildman–Crippen LogP) is -0.309. The van der Waals surface area contributed by atoms with Crippen LogP contribution in [0.1, 0.15) is 26.7 Å². The Balaban J connectivity index is 2.17. The summed E-state index contributed by atoms with van der Waals surface area (Å²) in [5.41, 5.74) is 5.05. The molecule has 11 nitrogen and oxygen atoms in total. The fraction of sp³-hybridized carbons (Fsp3) is 0.462. The maximum absolute atomic E-state index is 12.0. The second-order valence-electron chi connectivity index (χ2n) is 4.76. The van der Waals surface area contributed by atoms with Crippen molar-refractivity contribution in [1.29, 1.82) is 0 Å². The number of anilines is 1. The fourth-order valence-corrected chi connectivity index (χ4v) is 1.90. The van der Waals surface area contributed by atoms with E-state index in [1.54, 1.807) is 0 Å². The first-order valence-corrected chi connectivity index (χ1v) is 7.03. The van der Waals surface area contributed by atoms with Crippen LogP contribution in [0.25, 0.3) is 11.2 Å². The van der Waals surface area contributed by atoms with E-state index in [2.05, 4.69) is 15.0 Å². The first-order valence-electron chi connectivity index (χ1n) is 7.03. The topological polar surface area (TPSA) is 151 Å². The Morgan fingerprint density at radius 1 is 1.33 bits per heavy atom. The van der Waals surface area contributed by atoms with Crippen LogP contribution in [0.4, 0.5) is 5.95 Å². The van der Waals surface area contributed by atoms with Crippen molar-refractivity contribution in [3.63, 3.8) is 0 Å². The maximum Gasteiger partial charge on any atom is 0.306 e. The molecule has 2 heterocycles. The molecule has 0 radical (unpaired) electrons. The molecule has 0 fully saturated rings. The van der Waals surface area contributed by atoms with Gasteiger partial charge in [-0.1, -0.05) is 0 Å². The minimum atomic E-state index is -1.21. The Hall–Kier alpha value is -2.95. The molecule has 0 aromatic carbocycles. The Kier molecular flexibility index (Phi) is 5.47. The minimum Gasteiger partial charge on any atom is -0.466 e. The molecule has 130 valence electrons. The van der Waals surface area contributed by atoms with E-state index < -0.39 is 23.9 Å². The van der Waals surface area contributed by atoms with Crippen molar-refractivity contribution in [2.45, 2.75) is 26.7 Å². The molecule has 0 spiro atoms. The third kappa shape index (κ3) is 4.29. The number of carbonyl (C=O) groups is 2. The number of imidazole rings is 1. The van der Waals surface area contributed by atoms with Crippen molar-refractivity contribution in [2.75, 3.05) is 18.9 Å². The number of fused-ring (bicyclic) bond motifs is 1. The summed E-state index contributed by atoms with van der Waals surface area (Å²) < 4.78 is 16.5. The molecule has 2 rings (SSSR count). The Morgan fingerprint density at radius 3 is 2.75 bits per heavy atom. The van der Waals surface area contributed by atoms with Gasteiger partial charge in [0.15, 0.2) is 11.2 Å². The van der Waals surface area contributed by atoms with E-state index in [0.717, 1.165) is 0 Å². The number of aromatic nitrogens is 4. The number of nitrogen functional groups attached to an aromatic ring is 1. The summed E-state index contributed by atoms with van der Waals surface area (Å²) in [6.07, 6.45) is 0.425. The van der Waals surface area contributed by atoms with E-state index in [-0.39, 0.29) is 30.3 Å². The zero-order valence-corrected chi connectivity index (χ0v) is 13.1. The van der Waals surface area contributed by atoms with Crippen LogP contribution in [0, 0.1) is 0 Å². The lowest BCUT2D eigenvalue weighted by molar-refractivity contribution is -0.199. The number of nitrogens with two attached hydrogens (primary N) is 1. The normalized spacial score (nSPS) is 12.1. The molecular weight excluding hydrogens is 322 g/mol. The van der Waals surface area contributed by atoms with Gasteiger partial charge in [0.1, 0.15) is 6.33 Å². The van der Waals surface area contributed by atoms with Gasteiger partial charge in [0.2, 0.25) is 5.95 Å². The SMILES string of the molecule is CC(=O)OCCCOC(OC(C)=O)n1cnc2nc(N)[nH]c(=O)c21. The van der Waals surface area contributed by atoms with E-state index in [1.807, 2.05) is 0 Å². The standard InChI is InChI=1S/C13H17N5O6/c1-7(19)22-4-3-5-23-13(24-8(2)20)18-6-15-10-9(18)11(21)17-12(14)16-10/h6,13H,3-5H2,1-2H3,(H3,14,16,17,21). The number of carbonyl (C=O) groups excluding carboxylic acids is 2. The van der Waals surface area contributed by atoms with E-state index >= 15 is 0 Å². The number of esters is 2. The zero-order chi connectivity index (χ0) is 17.7. The van der Waals surface area contributed by atoms with Gasteiger partial charge >= 0.3 is 11.9 Å². The van der Waals surface area contributed by atoms with Gasteiger partial charge < -0.3 is 19.9 Å². The quantitative estimate of drug-likeness (QED) is 0.393. The van der Waals surface area contributed by atoms with Crippen LogP contribution in [0.2, 0.25) is 0 Å². The third-order valence-electron chi connectivity index (χ3n) is 2.81. The smallest absolute Gasteiger partial charge is 0.306 e. The van der Waals surface area contributed by atoms with Gasteiger partial charge in [-0.3, -0.25) is 23.9 Å². The van der Waals surface area contributed by atoms with Gasteiger partial charge in [-0.05, 0) is 0 Å². The Labute approximate surface area is 135 Å². The van der Waals surface area contributed by atoms with Gasteiger partial charge in [0.25, 0.3) is 12.0 Å².